The van der Waals surface area contributed by atoms with Gasteiger partial charge < -0.3 is 20.1 Å². The van der Waals surface area contributed by atoms with E-state index in [4.69, 9.17) is 4.74 Å². The number of rotatable bonds is 9. The van der Waals surface area contributed by atoms with Gasteiger partial charge >= 0.3 is 12.1 Å². The Hall–Kier alpha value is -2.00. The van der Waals surface area contributed by atoms with Gasteiger partial charge in [-0.3, -0.25) is 9.69 Å². The average molecular weight is 512 g/mol. The number of carboxylic acid groups (broad SMARTS) is 1. The van der Waals surface area contributed by atoms with Crippen molar-refractivity contribution in [3.63, 3.8) is 0 Å². The standard InChI is InChI=1S/C27H40F3N3O3/c1-19(2)17-33(22-8-14-36-15-9-22)24-5-4-20(26(25(34)35)10-3-11-26)16-23(24)31-21-6-12-32(13-7-21)18-27(28,29)30/h4-5,16,19,21-22,31H,3,6-15,17-18H2,1-2H3,(H,34,35). The van der Waals surface area contributed by atoms with E-state index in [2.05, 4.69) is 30.1 Å². The fourth-order valence-corrected chi connectivity index (χ4v) is 5.90. The quantitative estimate of drug-likeness (QED) is 0.471. The lowest BCUT2D eigenvalue weighted by atomic mass is 9.64. The molecule has 202 valence electrons. The highest BCUT2D eigenvalue weighted by atomic mass is 19.4. The highest BCUT2D eigenvalue weighted by Gasteiger charge is 2.46. The van der Waals surface area contributed by atoms with E-state index in [-0.39, 0.29) is 6.04 Å². The van der Waals surface area contributed by atoms with Crippen molar-refractivity contribution in [1.82, 2.24) is 4.90 Å². The smallest absolute Gasteiger partial charge is 0.401 e. The number of piperidine rings is 1. The number of likely N-dealkylation sites (tertiary alicyclic amines) is 1. The molecule has 3 fully saturated rings. The summed E-state index contributed by atoms with van der Waals surface area (Å²) in [6.45, 7) is 6.61. The molecule has 0 radical (unpaired) electrons. The molecular formula is C27H40F3N3O3. The van der Waals surface area contributed by atoms with Crippen LogP contribution in [0.3, 0.4) is 0 Å². The fourth-order valence-electron chi connectivity index (χ4n) is 5.90. The maximum atomic E-state index is 12.8. The summed E-state index contributed by atoms with van der Waals surface area (Å²) in [5, 5.41) is 13.7. The average Bonchev–Trinajstić information content (AvgIpc) is 2.78. The Morgan fingerprint density at radius 3 is 2.39 bits per heavy atom. The summed E-state index contributed by atoms with van der Waals surface area (Å²) in [5.41, 5.74) is 1.93. The molecule has 1 aliphatic carbocycles. The van der Waals surface area contributed by atoms with Crippen molar-refractivity contribution in [2.45, 2.75) is 82.5 Å². The topological polar surface area (TPSA) is 65.0 Å². The maximum absolute atomic E-state index is 12.8. The van der Waals surface area contributed by atoms with E-state index in [0.29, 0.717) is 50.7 Å². The number of nitrogens with zero attached hydrogens (tertiary/aromatic N) is 2. The second-order valence-corrected chi connectivity index (χ2v) is 11.2. The fraction of sp³-hybridized carbons (Fsp3) is 0.741. The van der Waals surface area contributed by atoms with Crippen LogP contribution in [0.1, 0.15) is 64.4 Å². The molecular weight excluding hydrogens is 471 g/mol. The number of benzene rings is 1. The highest BCUT2D eigenvalue weighted by molar-refractivity contribution is 5.84. The zero-order valence-corrected chi connectivity index (χ0v) is 21.4. The van der Waals surface area contributed by atoms with Crippen molar-refractivity contribution in [1.29, 1.82) is 0 Å². The van der Waals surface area contributed by atoms with Crippen LogP contribution in [0, 0.1) is 5.92 Å². The lowest BCUT2D eigenvalue weighted by molar-refractivity contribution is -0.148. The molecule has 2 heterocycles. The maximum Gasteiger partial charge on any atom is 0.401 e. The molecule has 1 aromatic rings. The molecule has 0 atom stereocenters. The van der Waals surface area contributed by atoms with Crippen molar-refractivity contribution in [3.8, 4) is 0 Å². The largest absolute Gasteiger partial charge is 0.481 e. The van der Waals surface area contributed by atoms with Gasteiger partial charge in [-0.05, 0) is 62.1 Å². The number of ether oxygens (including phenoxy) is 1. The third-order valence-corrected chi connectivity index (χ3v) is 8.02. The van der Waals surface area contributed by atoms with E-state index in [0.717, 1.165) is 56.0 Å². The highest BCUT2D eigenvalue weighted by Crippen LogP contribution is 2.46. The van der Waals surface area contributed by atoms with Crippen LogP contribution >= 0.6 is 0 Å². The summed E-state index contributed by atoms with van der Waals surface area (Å²) in [5.74, 6) is -0.348. The first-order chi connectivity index (χ1) is 17.1. The van der Waals surface area contributed by atoms with Gasteiger partial charge in [0.05, 0.1) is 23.3 Å². The predicted molar refractivity (Wildman–Crippen MR) is 135 cm³/mol. The summed E-state index contributed by atoms with van der Waals surface area (Å²) < 4.78 is 44.1. The van der Waals surface area contributed by atoms with E-state index in [1.165, 1.54) is 4.90 Å². The van der Waals surface area contributed by atoms with Crippen molar-refractivity contribution >= 4 is 17.3 Å². The lowest BCUT2D eigenvalue weighted by Gasteiger charge is -2.41. The minimum atomic E-state index is -4.18. The molecule has 2 saturated heterocycles. The first-order valence-corrected chi connectivity index (χ1v) is 13.4. The number of carbonyl (C=O) groups is 1. The third-order valence-electron chi connectivity index (χ3n) is 8.02. The summed E-state index contributed by atoms with van der Waals surface area (Å²) in [6, 6.07) is 6.43. The Balaban J connectivity index is 1.61. The van der Waals surface area contributed by atoms with Gasteiger partial charge in [0.25, 0.3) is 0 Å². The van der Waals surface area contributed by atoms with E-state index >= 15 is 0 Å². The molecule has 1 saturated carbocycles. The number of nitrogens with one attached hydrogen (secondary N) is 1. The number of carboxylic acids is 1. The Morgan fingerprint density at radius 1 is 1.19 bits per heavy atom. The number of alkyl halides is 3. The lowest BCUT2D eigenvalue weighted by Crippen LogP contribution is -2.45. The summed E-state index contributed by atoms with van der Waals surface area (Å²) in [4.78, 5) is 16.1. The van der Waals surface area contributed by atoms with Crippen LogP contribution in [-0.4, -0.2) is 73.6 Å². The molecule has 2 aliphatic heterocycles. The Labute approximate surface area is 212 Å². The van der Waals surface area contributed by atoms with Crippen LogP contribution in [-0.2, 0) is 14.9 Å². The van der Waals surface area contributed by atoms with Gasteiger partial charge in [-0.2, -0.15) is 13.2 Å². The third kappa shape index (κ3) is 6.28. The molecule has 36 heavy (non-hydrogen) atoms. The Kier molecular flexibility index (Phi) is 8.39. The van der Waals surface area contributed by atoms with Gasteiger partial charge in [0.2, 0.25) is 0 Å². The molecule has 0 unspecified atom stereocenters. The molecule has 3 aliphatic rings. The summed E-state index contributed by atoms with van der Waals surface area (Å²) in [7, 11) is 0. The summed E-state index contributed by atoms with van der Waals surface area (Å²) in [6.07, 6.45) is 1.08. The van der Waals surface area contributed by atoms with Crippen LogP contribution in [0.5, 0.6) is 0 Å². The minimum Gasteiger partial charge on any atom is -0.481 e. The molecule has 0 spiro atoms. The van der Waals surface area contributed by atoms with Gasteiger partial charge in [-0.1, -0.05) is 26.3 Å². The first kappa shape index (κ1) is 27.0. The first-order valence-electron chi connectivity index (χ1n) is 13.4. The van der Waals surface area contributed by atoms with E-state index < -0.39 is 24.1 Å². The number of hydrogen-bond acceptors (Lipinski definition) is 5. The number of aliphatic carboxylic acids is 1. The zero-order chi connectivity index (χ0) is 25.9. The van der Waals surface area contributed by atoms with Gasteiger partial charge in [0.1, 0.15) is 0 Å². The van der Waals surface area contributed by atoms with E-state index in [1.807, 2.05) is 12.1 Å². The predicted octanol–water partition coefficient (Wildman–Crippen LogP) is 5.27. The van der Waals surface area contributed by atoms with Crippen molar-refractivity contribution in [2.75, 3.05) is 49.6 Å². The monoisotopic (exact) mass is 511 g/mol. The molecule has 0 bridgehead atoms. The SMILES string of the molecule is CC(C)CN(c1ccc(C2(C(=O)O)CCC2)cc1NC1CCN(CC(F)(F)F)CC1)C1CCOCC1. The number of anilines is 2. The number of halogens is 3. The molecule has 2 N–H and O–H groups in total. The molecule has 0 aromatic heterocycles. The molecule has 4 rings (SSSR count). The second kappa shape index (κ2) is 11.2. The van der Waals surface area contributed by atoms with Gasteiger partial charge in [0.15, 0.2) is 0 Å². The van der Waals surface area contributed by atoms with Gasteiger partial charge in [-0.25, -0.2) is 0 Å². The van der Waals surface area contributed by atoms with Gasteiger partial charge in [0, 0.05) is 44.9 Å². The van der Waals surface area contributed by atoms with Crippen LogP contribution in [0.15, 0.2) is 18.2 Å². The Morgan fingerprint density at radius 2 is 1.86 bits per heavy atom. The summed E-state index contributed by atoms with van der Waals surface area (Å²) >= 11 is 0. The van der Waals surface area contributed by atoms with Crippen LogP contribution in [0.2, 0.25) is 0 Å². The van der Waals surface area contributed by atoms with Crippen molar-refractivity contribution in [3.05, 3.63) is 23.8 Å². The number of hydrogen-bond donors (Lipinski definition) is 2. The Bertz CT molecular complexity index is 890. The minimum absolute atomic E-state index is 0.0428. The normalized spacial score (nSPS) is 21.8. The molecule has 0 amide bonds. The molecule has 1 aromatic carbocycles. The second-order valence-electron chi connectivity index (χ2n) is 11.2. The van der Waals surface area contributed by atoms with Crippen LogP contribution < -0.4 is 10.2 Å². The zero-order valence-electron chi connectivity index (χ0n) is 21.4. The van der Waals surface area contributed by atoms with Crippen molar-refractivity contribution in [2.24, 2.45) is 5.92 Å². The van der Waals surface area contributed by atoms with Gasteiger partial charge in [-0.15, -0.1) is 0 Å². The molecule has 6 nitrogen and oxygen atoms in total. The van der Waals surface area contributed by atoms with E-state index in [1.54, 1.807) is 0 Å². The molecule has 9 heteroatoms. The van der Waals surface area contributed by atoms with Crippen molar-refractivity contribution < 1.29 is 27.8 Å². The van der Waals surface area contributed by atoms with E-state index in [9.17, 15) is 23.1 Å². The van der Waals surface area contributed by atoms with Crippen LogP contribution in [0.4, 0.5) is 24.5 Å². The van der Waals surface area contributed by atoms with Crippen LogP contribution in [0.25, 0.3) is 0 Å².